The first-order valence-corrected chi connectivity index (χ1v) is 12.2. The fourth-order valence-corrected chi connectivity index (χ4v) is 4.84. The van der Waals surface area contributed by atoms with Gasteiger partial charge in [0.1, 0.15) is 0 Å². The van der Waals surface area contributed by atoms with Gasteiger partial charge in [-0.05, 0) is 49.2 Å². The first-order valence-electron chi connectivity index (χ1n) is 10.3. The molecule has 4 rings (SSSR count). The summed E-state index contributed by atoms with van der Waals surface area (Å²) in [6, 6.07) is 16.0. The Kier molecular flexibility index (Phi) is 5.56. The lowest BCUT2D eigenvalue weighted by atomic mass is 10.0. The third-order valence-electron chi connectivity index (χ3n) is 5.66. The summed E-state index contributed by atoms with van der Waals surface area (Å²) < 4.78 is 25.3. The van der Waals surface area contributed by atoms with Crippen molar-refractivity contribution in [2.75, 3.05) is 47.0 Å². The summed E-state index contributed by atoms with van der Waals surface area (Å²) >= 11 is 0. The molecule has 1 aliphatic heterocycles. The fourth-order valence-electron chi connectivity index (χ4n) is 4.28. The molecular formula is C23H28N4O2S. The van der Waals surface area contributed by atoms with Crippen LogP contribution in [0.2, 0.25) is 0 Å². The highest BCUT2D eigenvalue weighted by Crippen LogP contribution is 2.33. The van der Waals surface area contributed by atoms with E-state index < -0.39 is 10.0 Å². The average Bonchev–Trinajstić information content (AvgIpc) is 2.72. The van der Waals surface area contributed by atoms with E-state index in [0.29, 0.717) is 5.69 Å². The number of anilines is 3. The van der Waals surface area contributed by atoms with Crippen LogP contribution < -0.4 is 14.5 Å². The van der Waals surface area contributed by atoms with Crippen LogP contribution in [0.4, 0.5) is 17.1 Å². The van der Waals surface area contributed by atoms with Crippen LogP contribution in [0.15, 0.2) is 48.5 Å². The Bertz CT molecular complexity index is 1150. The number of nitrogens with zero attached hydrogens (tertiary/aromatic N) is 3. The Labute approximate surface area is 178 Å². The van der Waals surface area contributed by atoms with Gasteiger partial charge in [-0.15, -0.1) is 0 Å². The Morgan fingerprint density at radius 2 is 1.60 bits per heavy atom. The third kappa shape index (κ3) is 4.21. The van der Waals surface area contributed by atoms with Crippen LogP contribution in [0.3, 0.4) is 0 Å². The van der Waals surface area contributed by atoms with Crippen LogP contribution in [-0.4, -0.2) is 45.8 Å². The Morgan fingerprint density at radius 1 is 0.967 bits per heavy atom. The van der Waals surface area contributed by atoms with Gasteiger partial charge in [-0.25, -0.2) is 8.42 Å². The second-order valence-corrected chi connectivity index (χ2v) is 9.54. The van der Waals surface area contributed by atoms with E-state index in [4.69, 9.17) is 4.98 Å². The summed E-state index contributed by atoms with van der Waals surface area (Å²) in [5, 5.41) is 1.23. The molecule has 0 saturated carbocycles. The topological polar surface area (TPSA) is 65.5 Å². The van der Waals surface area contributed by atoms with E-state index in [1.54, 1.807) is 0 Å². The summed E-state index contributed by atoms with van der Waals surface area (Å²) in [4.78, 5) is 9.65. The highest BCUT2D eigenvalue weighted by Gasteiger charge is 2.22. The maximum absolute atomic E-state index is 11.4. The molecule has 1 N–H and O–H groups in total. The monoisotopic (exact) mass is 424 g/mol. The average molecular weight is 425 g/mol. The Balaban J connectivity index is 1.54. The normalized spacial score (nSPS) is 14.9. The molecular weight excluding hydrogens is 396 g/mol. The van der Waals surface area contributed by atoms with Gasteiger partial charge in [0.25, 0.3) is 0 Å². The van der Waals surface area contributed by atoms with E-state index in [-0.39, 0.29) is 0 Å². The van der Waals surface area contributed by atoms with Gasteiger partial charge in [0, 0.05) is 48.6 Å². The van der Waals surface area contributed by atoms with Crippen molar-refractivity contribution >= 4 is 38.0 Å². The van der Waals surface area contributed by atoms with Crippen LogP contribution in [0.1, 0.15) is 18.2 Å². The number of nitrogens with one attached hydrogen (secondary N) is 1. The van der Waals surface area contributed by atoms with Gasteiger partial charge in [-0.3, -0.25) is 9.71 Å². The van der Waals surface area contributed by atoms with Crippen molar-refractivity contribution in [2.45, 2.75) is 20.3 Å². The third-order valence-corrected chi connectivity index (χ3v) is 6.26. The van der Waals surface area contributed by atoms with Crippen LogP contribution in [0.25, 0.3) is 10.9 Å². The molecule has 0 amide bonds. The largest absolute Gasteiger partial charge is 0.368 e. The van der Waals surface area contributed by atoms with Crippen LogP contribution in [-0.2, 0) is 16.4 Å². The summed E-state index contributed by atoms with van der Waals surface area (Å²) in [6.07, 6.45) is 2.13. The van der Waals surface area contributed by atoms with E-state index >= 15 is 0 Å². The SMILES string of the molecule is CCc1c(C)nc2ccccc2c1N1CCN(c2ccc(NS(C)(=O)=O)cc2)CC1. The van der Waals surface area contributed by atoms with Crippen molar-refractivity contribution < 1.29 is 8.42 Å². The molecule has 1 fully saturated rings. The second-order valence-electron chi connectivity index (χ2n) is 7.79. The van der Waals surface area contributed by atoms with Crippen LogP contribution >= 0.6 is 0 Å². The molecule has 30 heavy (non-hydrogen) atoms. The molecule has 0 aliphatic carbocycles. The van der Waals surface area contributed by atoms with Crippen molar-refractivity contribution in [3.05, 3.63) is 59.8 Å². The lowest BCUT2D eigenvalue weighted by molar-refractivity contribution is 0.607. The minimum atomic E-state index is -3.26. The standard InChI is InChI=1S/C23H28N4O2S/c1-4-20-17(2)24-22-8-6-5-7-21(22)23(20)27-15-13-26(14-16-27)19-11-9-18(10-12-19)25-30(3,28)29/h5-12,25H,4,13-16H2,1-3H3. The van der Waals surface area contributed by atoms with E-state index in [9.17, 15) is 8.42 Å². The predicted octanol–water partition coefficient (Wildman–Crippen LogP) is 3.80. The summed E-state index contributed by atoms with van der Waals surface area (Å²) in [5.74, 6) is 0. The van der Waals surface area contributed by atoms with Crippen LogP contribution in [0.5, 0.6) is 0 Å². The highest BCUT2D eigenvalue weighted by molar-refractivity contribution is 7.92. The maximum atomic E-state index is 11.4. The number of aryl methyl sites for hydroxylation is 1. The van der Waals surface area contributed by atoms with Crippen molar-refractivity contribution in [1.82, 2.24) is 4.98 Å². The molecule has 7 heteroatoms. The minimum Gasteiger partial charge on any atom is -0.368 e. The first kappa shape index (κ1) is 20.5. The van der Waals surface area contributed by atoms with Gasteiger partial charge >= 0.3 is 0 Å². The molecule has 0 radical (unpaired) electrons. The van der Waals surface area contributed by atoms with Gasteiger partial charge < -0.3 is 9.80 Å². The zero-order chi connectivity index (χ0) is 21.3. The van der Waals surface area contributed by atoms with Gasteiger partial charge in [-0.2, -0.15) is 0 Å². The zero-order valence-electron chi connectivity index (χ0n) is 17.7. The number of para-hydroxylation sites is 1. The lowest BCUT2D eigenvalue weighted by Crippen LogP contribution is -2.47. The van der Waals surface area contributed by atoms with E-state index in [0.717, 1.165) is 55.8 Å². The number of piperazine rings is 1. The number of sulfonamides is 1. The van der Waals surface area contributed by atoms with Crippen molar-refractivity contribution in [3.8, 4) is 0 Å². The summed E-state index contributed by atoms with van der Waals surface area (Å²) in [5.41, 5.74) is 6.53. The molecule has 158 valence electrons. The minimum absolute atomic E-state index is 0.589. The van der Waals surface area contributed by atoms with E-state index in [2.05, 4.69) is 46.6 Å². The zero-order valence-corrected chi connectivity index (χ0v) is 18.5. The first-order chi connectivity index (χ1) is 14.4. The van der Waals surface area contributed by atoms with Gasteiger partial charge in [0.05, 0.1) is 17.5 Å². The smallest absolute Gasteiger partial charge is 0.229 e. The Hall–Kier alpha value is -2.80. The molecule has 1 aliphatic rings. The molecule has 0 bridgehead atoms. The summed E-state index contributed by atoms with van der Waals surface area (Å²) in [7, 11) is -3.26. The molecule has 0 atom stereocenters. The number of hydrogen-bond donors (Lipinski definition) is 1. The number of aromatic nitrogens is 1. The molecule has 2 heterocycles. The quantitative estimate of drug-likeness (QED) is 0.675. The number of fused-ring (bicyclic) bond motifs is 1. The van der Waals surface area contributed by atoms with Gasteiger partial charge in [-0.1, -0.05) is 25.1 Å². The van der Waals surface area contributed by atoms with Crippen molar-refractivity contribution in [3.63, 3.8) is 0 Å². The molecule has 0 unspecified atom stereocenters. The second kappa shape index (κ2) is 8.14. The lowest BCUT2D eigenvalue weighted by Gasteiger charge is -2.39. The van der Waals surface area contributed by atoms with Gasteiger partial charge in [0.15, 0.2) is 0 Å². The van der Waals surface area contributed by atoms with E-state index in [1.165, 1.54) is 16.6 Å². The molecule has 2 aromatic carbocycles. The maximum Gasteiger partial charge on any atom is 0.229 e. The predicted molar refractivity (Wildman–Crippen MR) is 125 cm³/mol. The number of benzene rings is 2. The highest BCUT2D eigenvalue weighted by atomic mass is 32.2. The fraction of sp³-hybridized carbons (Fsp3) is 0.348. The van der Waals surface area contributed by atoms with Gasteiger partial charge in [0.2, 0.25) is 10.0 Å². The van der Waals surface area contributed by atoms with Crippen molar-refractivity contribution in [1.29, 1.82) is 0 Å². The molecule has 1 aromatic heterocycles. The molecule has 3 aromatic rings. The molecule has 0 spiro atoms. The molecule has 6 nitrogen and oxygen atoms in total. The molecule has 1 saturated heterocycles. The summed E-state index contributed by atoms with van der Waals surface area (Å²) in [6.45, 7) is 8.00. The number of rotatable bonds is 5. The Morgan fingerprint density at radius 3 is 2.23 bits per heavy atom. The number of pyridine rings is 1. The number of hydrogen-bond acceptors (Lipinski definition) is 5. The van der Waals surface area contributed by atoms with E-state index in [1.807, 2.05) is 30.3 Å². The van der Waals surface area contributed by atoms with Crippen molar-refractivity contribution in [2.24, 2.45) is 0 Å². The van der Waals surface area contributed by atoms with Crippen LogP contribution in [0, 0.1) is 6.92 Å².